The summed E-state index contributed by atoms with van der Waals surface area (Å²) in [5, 5.41) is 0. The van der Waals surface area contributed by atoms with Crippen LogP contribution in [0.15, 0.2) is 105 Å². The van der Waals surface area contributed by atoms with Crippen LogP contribution in [0.4, 0.5) is 0 Å². The molecular formula is C22H16NiS4-4. The Morgan fingerprint density at radius 3 is 1.11 bits per heavy atom. The molecule has 2 aromatic carbocycles. The van der Waals surface area contributed by atoms with Gasteiger partial charge in [0, 0.05) is 28.3 Å². The number of hydrogen-bond donors (Lipinski definition) is 0. The minimum Gasteiger partial charge on any atom is -0.784 e. The monoisotopic (exact) mass is 466 g/mol. The van der Waals surface area contributed by atoms with Crippen LogP contribution >= 0.6 is 0 Å². The smallest absolute Gasteiger partial charge is 0.00135 e. The number of benzene rings is 2. The van der Waals surface area contributed by atoms with E-state index in [1.54, 1.807) is 0 Å². The van der Waals surface area contributed by atoms with Gasteiger partial charge in [-0.15, -0.1) is 0 Å². The zero-order valence-electron chi connectivity index (χ0n) is 14.2. The predicted octanol–water partition coefficient (Wildman–Crippen LogP) is 5.29. The zero-order chi connectivity index (χ0) is 18.5. The molecule has 0 saturated heterocycles. The van der Waals surface area contributed by atoms with Crippen molar-refractivity contribution in [2.24, 2.45) is 0 Å². The van der Waals surface area contributed by atoms with Crippen molar-refractivity contribution in [1.82, 2.24) is 0 Å². The second kappa shape index (κ2) is 10.4. The average Bonchev–Trinajstić information content (AvgIpc) is 3.19. The van der Waals surface area contributed by atoms with Crippen LogP contribution < -0.4 is 0 Å². The van der Waals surface area contributed by atoms with E-state index >= 15 is 0 Å². The van der Waals surface area contributed by atoms with Crippen molar-refractivity contribution in [3.8, 4) is 0 Å². The van der Waals surface area contributed by atoms with Crippen molar-refractivity contribution in [3.05, 3.63) is 116 Å². The molecule has 2 aliphatic carbocycles. The second-order valence-corrected chi connectivity index (χ2v) is 7.71. The van der Waals surface area contributed by atoms with Gasteiger partial charge >= 0.3 is 0 Å². The quantitative estimate of drug-likeness (QED) is 0.435. The van der Waals surface area contributed by atoms with Crippen molar-refractivity contribution >= 4 is 50.5 Å². The molecule has 0 saturated carbocycles. The molecule has 0 bridgehead atoms. The Labute approximate surface area is 193 Å². The molecule has 0 aliphatic heterocycles. The molecule has 0 fully saturated rings. The SMILES string of the molecule is [Ni].[S-]C1=C([S-])C(c2ccccc2)C=C1.[S-]C1=C([S-])C(c2ccccc2)C=C1. The van der Waals surface area contributed by atoms with Crippen molar-refractivity contribution in [2.45, 2.75) is 11.8 Å². The summed E-state index contributed by atoms with van der Waals surface area (Å²) in [7, 11) is 0. The Bertz CT molecular complexity index is 808. The van der Waals surface area contributed by atoms with Crippen LogP contribution in [0.1, 0.15) is 23.0 Å². The van der Waals surface area contributed by atoms with Crippen molar-refractivity contribution in [1.29, 1.82) is 0 Å². The van der Waals surface area contributed by atoms with Gasteiger partial charge in [0.25, 0.3) is 0 Å². The molecule has 2 unspecified atom stereocenters. The first-order chi connectivity index (χ1) is 12.6. The van der Waals surface area contributed by atoms with E-state index in [0.29, 0.717) is 0 Å². The van der Waals surface area contributed by atoms with Crippen LogP contribution in [-0.4, -0.2) is 0 Å². The van der Waals surface area contributed by atoms with Gasteiger partial charge in [0.15, 0.2) is 0 Å². The third kappa shape index (κ3) is 5.40. The predicted molar refractivity (Wildman–Crippen MR) is 120 cm³/mol. The maximum atomic E-state index is 5.24. The Hall–Kier alpha value is -1.23. The first-order valence-corrected chi connectivity index (χ1v) is 9.84. The molecule has 2 aromatic rings. The molecule has 0 spiro atoms. The van der Waals surface area contributed by atoms with Crippen molar-refractivity contribution in [3.63, 3.8) is 0 Å². The number of hydrogen-bond acceptors (Lipinski definition) is 4. The van der Waals surface area contributed by atoms with E-state index in [1.165, 1.54) is 11.1 Å². The van der Waals surface area contributed by atoms with Crippen molar-refractivity contribution in [2.75, 3.05) is 0 Å². The minimum absolute atomic E-state index is 0. The summed E-state index contributed by atoms with van der Waals surface area (Å²) in [6.07, 6.45) is 7.99. The molecule has 5 heteroatoms. The van der Waals surface area contributed by atoms with Crippen LogP contribution in [0.5, 0.6) is 0 Å². The molecule has 0 heterocycles. The summed E-state index contributed by atoms with van der Waals surface area (Å²) in [6.45, 7) is 0. The summed E-state index contributed by atoms with van der Waals surface area (Å²) >= 11 is 20.7. The summed E-state index contributed by atoms with van der Waals surface area (Å²) in [5.74, 6) is 0.451. The van der Waals surface area contributed by atoms with E-state index in [-0.39, 0.29) is 28.3 Å². The van der Waals surface area contributed by atoms with Gasteiger partial charge in [-0.3, -0.25) is 0 Å². The Balaban J connectivity index is 0.000000187. The molecule has 2 atom stereocenters. The molecule has 4 rings (SSSR count). The van der Waals surface area contributed by atoms with Crippen LogP contribution in [0.2, 0.25) is 0 Å². The molecule has 142 valence electrons. The normalized spacial score (nSPS) is 20.3. The van der Waals surface area contributed by atoms with Crippen LogP contribution in [0, 0.1) is 0 Å². The third-order valence-electron chi connectivity index (χ3n) is 4.25. The van der Waals surface area contributed by atoms with E-state index in [2.05, 4.69) is 36.4 Å². The first-order valence-electron chi connectivity index (χ1n) is 8.20. The maximum Gasteiger partial charge on any atom is 0.00135 e. The second-order valence-electron chi connectivity index (χ2n) is 5.95. The van der Waals surface area contributed by atoms with Gasteiger partial charge in [-0.25, -0.2) is 9.81 Å². The number of allylic oxidation sites excluding steroid dienone is 6. The fraction of sp³-hybridized carbons (Fsp3) is 0.0909. The summed E-state index contributed by atoms with van der Waals surface area (Å²) in [6, 6.07) is 20.4. The molecule has 0 N–H and O–H groups in total. The summed E-state index contributed by atoms with van der Waals surface area (Å²) in [4.78, 5) is 3.37. The average molecular weight is 467 g/mol. The standard InChI is InChI=1S/2C11H10S2.Ni/c2*12-10-7-6-9(11(10)13)8-4-2-1-3-5-8;/h2*1-7,9,12-13H;/p-4. The van der Waals surface area contributed by atoms with E-state index in [9.17, 15) is 0 Å². The Morgan fingerprint density at radius 2 is 0.852 bits per heavy atom. The molecule has 0 amide bonds. The van der Waals surface area contributed by atoms with Gasteiger partial charge in [-0.05, 0) is 11.1 Å². The first kappa shape index (κ1) is 22.1. The van der Waals surface area contributed by atoms with Crippen molar-refractivity contribution < 1.29 is 16.5 Å². The maximum absolute atomic E-state index is 5.24. The van der Waals surface area contributed by atoms with Gasteiger partial charge in [0.05, 0.1) is 0 Å². The topological polar surface area (TPSA) is 0 Å². The van der Waals surface area contributed by atoms with E-state index in [1.807, 2.05) is 48.6 Å². The molecule has 27 heavy (non-hydrogen) atoms. The van der Waals surface area contributed by atoms with Crippen LogP contribution in [0.25, 0.3) is 0 Å². The van der Waals surface area contributed by atoms with Gasteiger partial charge in [-0.2, -0.15) is 9.81 Å². The third-order valence-corrected chi connectivity index (χ3v) is 6.17. The van der Waals surface area contributed by atoms with E-state index < -0.39 is 0 Å². The molecule has 2 aliphatic rings. The van der Waals surface area contributed by atoms with Crippen LogP contribution in [-0.2, 0) is 67.0 Å². The summed E-state index contributed by atoms with van der Waals surface area (Å²) < 4.78 is 0. The molecule has 0 nitrogen and oxygen atoms in total. The molecular weight excluding hydrogens is 451 g/mol. The fourth-order valence-corrected chi connectivity index (χ4v) is 3.84. The van der Waals surface area contributed by atoms with E-state index in [0.717, 1.165) is 19.6 Å². The Morgan fingerprint density at radius 1 is 0.519 bits per heavy atom. The zero-order valence-corrected chi connectivity index (χ0v) is 18.4. The van der Waals surface area contributed by atoms with Gasteiger partial charge < -0.3 is 50.5 Å². The molecule has 0 radical (unpaired) electrons. The minimum atomic E-state index is 0. The van der Waals surface area contributed by atoms with Crippen LogP contribution in [0.3, 0.4) is 0 Å². The fourth-order valence-electron chi connectivity index (χ4n) is 2.86. The van der Waals surface area contributed by atoms with Gasteiger partial charge in [0.2, 0.25) is 0 Å². The Kier molecular flexibility index (Phi) is 8.46. The number of rotatable bonds is 2. The summed E-state index contributed by atoms with van der Waals surface area (Å²) in [5.41, 5.74) is 2.45. The molecule has 0 aromatic heterocycles. The largest absolute Gasteiger partial charge is 0.784 e. The van der Waals surface area contributed by atoms with Gasteiger partial charge in [0.1, 0.15) is 0 Å². The van der Waals surface area contributed by atoms with E-state index in [4.69, 9.17) is 50.5 Å². The van der Waals surface area contributed by atoms with Gasteiger partial charge in [-0.1, -0.05) is 85.0 Å².